The van der Waals surface area contributed by atoms with Crippen LogP contribution >= 0.6 is 0 Å². The monoisotopic (exact) mass is 228 g/mol. The molecule has 4 unspecified atom stereocenters. The van der Waals surface area contributed by atoms with Crippen molar-refractivity contribution in [1.82, 2.24) is 0 Å². The first-order chi connectivity index (χ1) is 7.49. The Morgan fingerprint density at radius 1 is 1.19 bits per heavy atom. The summed E-state index contributed by atoms with van der Waals surface area (Å²) in [6, 6.07) is 0. The number of rotatable bonds is 4. The zero-order valence-electron chi connectivity index (χ0n) is 9.85. The Hall–Kier alpha value is -1.06. The highest BCUT2D eigenvalue weighted by Gasteiger charge is 2.43. The largest absolute Gasteiger partial charge is 0.481 e. The van der Waals surface area contributed by atoms with E-state index in [0.29, 0.717) is 6.42 Å². The molecular formula is C12H20O4. The van der Waals surface area contributed by atoms with Crippen LogP contribution in [0.5, 0.6) is 0 Å². The molecule has 1 fully saturated rings. The van der Waals surface area contributed by atoms with Crippen molar-refractivity contribution in [2.45, 2.75) is 39.5 Å². The van der Waals surface area contributed by atoms with Gasteiger partial charge in [-0.15, -0.1) is 0 Å². The molecule has 0 aliphatic heterocycles. The van der Waals surface area contributed by atoms with E-state index < -0.39 is 23.8 Å². The van der Waals surface area contributed by atoms with Crippen molar-refractivity contribution in [3.63, 3.8) is 0 Å². The van der Waals surface area contributed by atoms with Crippen molar-refractivity contribution in [3.05, 3.63) is 0 Å². The minimum atomic E-state index is -0.853. The van der Waals surface area contributed by atoms with Gasteiger partial charge in [0.1, 0.15) is 0 Å². The predicted octanol–water partition coefficient (Wildman–Crippen LogP) is 2.23. The third-order valence-corrected chi connectivity index (χ3v) is 3.82. The molecule has 1 aliphatic rings. The van der Waals surface area contributed by atoms with Crippen LogP contribution in [0.1, 0.15) is 39.5 Å². The lowest BCUT2D eigenvalue weighted by molar-refractivity contribution is -0.154. The van der Waals surface area contributed by atoms with Gasteiger partial charge >= 0.3 is 11.9 Å². The predicted molar refractivity (Wildman–Crippen MR) is 59.0 cm³/mol. The van der Waals surface area contributed by atoms with Gasteiger partial charge in [-0.25, -0.2) is 0 Å². The van der Waals surface area contributed by atoms with E-state index in [9.17, 15) is 14.7 Å². The molecule has 0 aromatic rings. The molecule has 92 valence electrons. The van der Waals surface area contributed by atoms with E-state index in [0.717, 1.165) is 19.3 Å². The minimum absolute atomic E-state index is 0.146. The van der Waals surface area contributed by atoms with Crippen LogP contribution in [0.4, 0.5) is 0 Å². The van der Waals surface area contributed by atoms with Crippen LogP contribution in [0.25, 0.3) is 0 Å². The average molecular weight is 228 g/mol. The summed E-state index contributed by atoms with van der Waals surface area (Å²) < 4.78 is 0. The molecule has 4 nitrogen and oxygen atoms in total. The molecule has 0 heterocycles. The Morgan fingerprint density at radius 3 is 2.25 bits per heavy atom. The van der Waals surface area contributed by atoms with Gasteiger partial charge in [-0.05, 0) is 31.1 Å². The summed E-state index contributed by atoms with van der Waals surface area (Å²) >= 11 is 0. The molecule has 16 heavy (non-hydrogen) atoms. The second-order valence-corrected chi connectivity index (χ2v) is 4.79. The fourth-order valence-corrected chi connectivity index (χ4v) is 2.99. The second-order valence-electron chi connectivity index (χ2n) is 4.79. The molecule has 1 rings (SSSR count). The van der Waals surface area contributed by atoms with Gasteiger partial charge in [-0.3, -0.25) is 9.59 Å². The molecule has 2 N–H and O–H groups in total. The van der Waals surface area contributed by atoms with Crippen LogP contribution in [0.2, 0.25) is 0 Å². The van der Waals surface area contributed by atoms with Crippen LogP contribution in [0.3, 0.4) is 0 Å². The highest BCUT2D eigenvalue weighted by molar-refractivity contribution is 5.75. The van der Waals surface area contributed by atoms with Gasteiger partial charge in [0.05, 0.1) is 11.8 Å². The Balaban J connectivity index is 2.82. The maximum atomic E-state index is 11.2. The van der Waals surface area contributed by atoms with Crippen LogP contribution in [0, 0.1) is 23.7 Å². The fourth-order valence-electron chi connectivity index (χ4n) is 2.99. The molecule has 0 bridgehead atoms. The van der Waals surface area contributed by atoms with Crippen LogP contribution < -0.4 is 0 Å². The molecular weight excluding hydrogens is 208 g/mol. The van der Waals surface area contributed by atoms with Crippen LogP contribution in [0.15, 0.2) is 0 Å². The highest BCUT2D eigenvalue weighted by Crippen LogP contribution is 2.41. The number of carboxylic acids is 2. The average Bonchev–Trinajstić information content (AvgIpc) is 2.17. The lowest BCUT2D eigenvalue weighted by Crippen LogP contribution is -2.41. The first kappa shape index (κ1) is 13.0. The summed E-state index contributed by atoms with van der Waals surface area (Å²) in [6.07, 6.45) is 3.18. The van der Waals surface area contributed by atoms with Gasteiger partial charge in [0, 0.05) is 0 Å². The van der Waals surface area contributed by atoms with Crippen LogP contribution in [-0.2, 0) is 9.59 Å². The zero-order valence-corrected chi connectivity index (χ0v) is 9.85. The molecule has 1 saturated carbocycles. The van der Waals surface area contributed by atoms with Gasteiger partial charge in [0.15, 0.2) is 0 Å². The van der Waals surface area contributed by atoms with E-state index in [1.54, 1.807) is 6.92 Å². The summed E-state index contributed by atoms with van der Waals surface area (Å²) in [5.41, 5.74) is 0. The number of hydrogen-bond donors (Lipinski definition) is 2. The topological polar surface area (TPSA) is 74.6 Å². The van der Waals surface area contributed by atoms with E-state index in [2.05, 4.69) is 0 Å². The molecule has 0 aromatic carbocycles. The normalized spacial score (nSPS) is 34.6. The molecule has 4 heteroatoms. The zero-order chi connectivity index (χ0) is 12.3. The SMILES string of the molecule is CCCC1CCC(C(=O)O)C(C)C1C(=O)O. The van der Waals surface area contributed by atoms with E-state index >= 15 is 0 Å². The molecule has 0 aromatic heterocycles. The number of carboxylic acid groups (broad SMARTS) is 2. The third kappa shape index (κ3) is 2.54. The first-order valence-corrected chi connectivity index (χ1v) is 5.94. The smallest absolute Gasteiger partial charge is 0.307 e. The summed E-state index contributed by atoms with van der Waals surface area (Å²) in [7, 11) is 0. The standard InChI is InChI=1S/C12H20O4/c1-3-4-8-5-6-9(11(13)14)7(2)10(8)12(15)16/h7-10H,3-6H2,1-2H3,(H,13,14)(H,15,16). The number of aliphatic carboxylic acids is 2. The summed E-state index contributed by atoms with van der Waals surface area (Å²) in [5.74, 6) is -2.79. The number of carbonyl (C=O) groups is 2. The quantitative estimate of drug-likeness (QED) is 0.773. The fraction of sp³-hybridized carbons (Fsp3) is 0.833. The van der Waals surface area contributed by atoms with E-state index in [1.165, 1.54) is 0 Å². The van der Waals surface area contributed by atoms with Gasteiger partial charge in [0.25, 0.3) is 0 Å². The van der Waals surface area contributed by atoms with Gasteiger partial charge in [-0.1, -0.05) is 20.3 Å². The lowest BCUT2D eigenvalue weighted by atomic mass is 9.66. The molecule has 0 radical (unpaired) electrons. The summed E-state index contributed by atoms with van der Waals surface area (Å²) in [5, 5.41) is 18.2. The van der Waals surface area contributed by atoms with Gasteiger partial charge in [-0.2, -0.15) is 0 Å². The lowest BCUT2D eigenvalue weighted by Gasteiger charge is -2.37. The molecule has 0 saturated heterocycles. The van der Waals surface area contributed by atoms with Crippen molar-refractivity contribution in [3.8, 4) is 0 Å². The second kappa shape index (κ2) is 5.32. The van der Waals surface area contributed by atoms with Crippen molar-refractivity contribution < 1.29 is 19.8 Å². The third-order valence-electron chi connectivity index (χ3n) is 3.82. The van der Waals surface area contributed by atoms with Crippen molar-refractivity contribution in [2.75, 3.05) is 0 Å². The Labute approximate surface area is 95.7 Å². The molecule has 0 spiro atoms. The Bertz CT molecular complexity index is 274. The van der Waals surface area contributed by atoms with E-state index in [-0.39, 0.29) is 11.8 Å². The van der Waals surface area contributed by atoms with E-state index in [1.807, 2.05) is 6.92 Å². The van der Waals surface area contributed by atoms with E-state index in [4.69, 9.17) is 5.11 Å². The Kier molecular flexibility index (Phi) is 4.33. The first-order valence-electron chi connectivity index (χ1n) is 5.94. The Morgan fingerprint density at radius 2 is 1.81 bits per heavy atom. The van der Waals surface area contributed by atoms with Crippen molar-refractivity contribution in [1.29, 1.82) is 0 Å². The van der Waals surface area contributed by atoms with Gasteiger partial charge < -0.3 is 10.2 Å². The maximum Gasteiger partial charge on any atom is 0.307 e. The summed E-state index contributed by atoms with van der Waals surface area (Å²) in [6.45, 7) is 3.80. The number of hydrogen-bond acceptors (Lipinski definition) is 2. The molecule has 4 atom stereocenters. The maximum absolute atomic E-state index is 11.2. The van der Waals surface area contributed by atoms with Crippen molar-refractivity contribution >= 4 is 11.9 Å². The van der Waals surface area contributed by atoms with Gasteiger partial charge in [0.2, 0.25) is 0 Å². The molecule has 0 amide bonds. The minimum Gasteiger partial charge on any atom is -0.481 e. The highest BCUT2D eigenvalue weighted by atomic mass is 16.4. The van der Waals surface area contributed by atoms with Crippen molar-refractivity contribution in [2.24, 2.45) is 23.7 Å². The summed E-state index contributed by atoms with van der Waals surface area (Å²) in [4.78, 5) is 22.2. The van der Waals surface area contributed by atoms with Crippen LogP contribution in [-0.4, -0.2) is 22.2 Å². The molecule has 1 aliphatic carbocycles.